The number of nitrogens with zero attached hydrogens (tertiary/aromatic N) is 1. The van der Waals surface area contributed by atoms with E-state index in [1.165, 1.54) is 22.7 Å². The van der Waals surface area contributed by atoms with Crippen LogP contribution in [0.2, 0.25) is 0 Å². The quantitative estimate of drug-likeness (QED) is 0.919. The van der Waals surface area contributed by atoms with Gasteiger partial charge in [-0.3, -0.25) is 0 Å². The summed E-state index contributed by atoms with van der Waals surface area (Å²) in [4.78, 5) is 5.84. The van der Waals surface area contributed by atoms with Gasteiger partial charge in [0.05, 0.1) is 6.04 Å². The maximum atomic E-state index is 5.57. The van der Waals surface area contributed by atoms with Crippen molar-refractivity contribution in [2.24, 2.45) is 5.92 Å². The van der Waals surface area contributed by atoms with E-state index < -0.39 is 0 Å². The molecular formula is C16H18N2O2S. The molecule has 1 atom stereocenters. The molecule has 0 unspecified atom stereocenters. The lowest BCUT2D eigenvalue weighted by molar-refractivity contribution is 0.173. The number of para-hydroxylation sites is 1. The minimum atomic E-state index is 0.323. The van der Waals surface area contributed by atoms with E-state index in [2.05, 4.69) is 23.3 Å². The number of fused-ring (bicyclic) bond motifs is 1. The average Bonchev–Trinajstić information content (AvgIpc) is 3.04. The lowest BCUT2D eigenvalue weighted by Crippen LogP contribution is -2.22. The number of rotatable bonds is 5. The van der Waals surface area contributed by atoms with E-state index in [-0.39, 0.29) is 0 Å². The molecule has 1 aromatic heterocycles. The third-order valence-corrected chi connectivity index (χ3v) is 4.99. The van der Waals surface area contributed by atoms with E-state index in [0.717, 1.165) is 29.5 Å². The molecule has 0 spiro atoms. The third kappa shape index (κ3) is 2.63. The van der Waals surface area contributed by atoms with Crippen LogP contribution < -0.4 is 14.8 Å². The van der Waals surface area contributed by atoms with E-state index in [1.54, 1.807) is 11.3 Å². The van der Waals surface area contributed by atoms with Crippen molar-refractivity contribution < 1.29 is 9.47 Å². The molecule has 1 aliphatic heterocycles. The average molecular weight is 302 g/mol. The van der Waals surface area contributed by atoms with Gasteiger partial charge in [-0.25, -0.2) is 4.98 Å². The van der Waals surface area contributed by atoms with Gasteiger partial charge in [0.15, 0.2) is 11.5 Å². The van der Waals surface area contributed by atoms with Gasteiger partial charge in [0.25, 0.3) is 0 Å². The molecule has 1 N–H and O–H groups in total. The molecule has 1 aromatic carbocycles. The number of nitrogens with one attached hydrogen (secondary N) is 1. The Balaban J connectivity index is 1.51. The Labute approximate surface area is 128 Å². The highest BCUT2D eigenvalue weighted by atomic mass is 32.1. The van der Waals surface area contributed by atoms with E-state index in [4.69, 9.17) is 9.47 Å². The zero-order valence-electron chi connectivity index (χ0n) is 12.0. The number of aromatic nitrogens is 1. The molecule has 0 amide bonds. The Morgan fingerprint density at radius 2 is 2.29 bits per heavy atom. The normalized spacial score (nSPS) is 18.0. The molecule has 0 radical (unpaired) electrons. The first-order chi connectivity index (χ1) is 10.3. The van der Waals surface area contributed by atoms with Gasteiger partial charge in [0, 0.05) is 23.2 Å². The van der Waals surface area contributed by atoms with Crippen molar-refractivity contribution in [3.8, 4) is 11.5 Å². The van der Waals surface area contributed by atoms with Gasteiger partial charge in [-0.15, -0.1) is 11.3 Å². The summed E-state index contributed by atoms with van der Waals surface area (Å²) in [5, 5.41) is 4.88. The first-order valence-corrected chi connectivity index (χ1v) is 8.16. The molecular weight excluding hydrogens is 284 g/mol. The lowest BCUT2D eigenvalue weighted by Gasteiger charge is -2.16. The fraction of sp³-hybridized carbons (Fsp3) is 0.438. The first kappa shape index (κ1) is 13.1. The number of benzene rings is 1. The molecule has 1 aliphatic carbocycles. The zero-order valence-corrected chi connectivity index (χ0v) is 12.8. The van der Waals surface area contributed by atoms with E-state index in [9.17, 15) is 0 Å². The Hall–Kier alpha value is -1.59. The van der Waals surface area contributed by atoms with Crippen molar-refractivity contribution in [3.05, 3.63) is 39.8 Å². The van der Waals surface area contributed by atoms with Crippen LogP contribution in [-0.4, -0.2) is 11.8 Å². The molecule has 21 heavy (non-hydrogen) atoms. The summed E-state index contributed by atoms with van der Waals surface area (Å²) >= 11 is 1.80. The molecule has 2 aromatic rings. The predicted octanol–water partition coefficient (Wildman–Crippen LogP) is 3.42. The summed E-state index contributed by atoms with van der Waals surface area (Å²) in [5.41, 5.74) is 1.16. The Bertz CT molecular complexity index is 651. The molecule has 1 fully saturated rings. The smallest absolute Gasteiger partial charge is 0.231 e. The highest BCUT2D eigenvalue weighted by Gasteiger charge is 2.34. The van der Waals surface area contributed by atoms with Crippen molar-refractivity contribution >= 4 is 11.3 Å². The number of hydrogen-bond donors (Lipinski definition) is 1. The van der Waals surface area contributed by atoms with Gasteiger partial charge in [-0.2, -0.15) is 0 Å². The SMILES string of the molecule is Cc1cnc([C@@H](NCc2cccc3c2OCO3)C2CC2)s1. The van der Waals surface area contributed by atoms with E-state index in [1.807, 2.05) is 18.3 Å². The van der Waals surface area contributed by atoms with Crippen LogP contribution in [0.5, 0.6) is 11.5 Å². The second kappa shape index (κ2) is 5.31. The second-order valence-corrected chi connectivity index (χ2v) is 6.92. The van der Waals surface area contributed by atoms with E-state index in [0.29, 0.717) is 12.8 Å². The maximum absolute atomic E-state index is 5.57. The second-order valence-electron chi connectivity index (χ2n) is 5.66. The summed E-state index contributed by atoms with van der Waals surface area (Å²) in [6.07, 6.45) is 4.56. The number of hydrogen-bond acceptors (Lipinski definition) is 5. The van der Waals surface area contributed by atoms with Crippen LogP contribution in [0.15, 0.2) is 24.4 Å². The lowest BCUT2D eigenvalue weighted by atomic mass is 10.1. The third-order valence-electron chi connectivity index (χ3n) is 3.99. The highest BCUT2D eigenvalue weighted by Crippen LogP contribution is 2.43. The molecule has 2 heterocycles. The van der Waals surface area contributed by atoms with Crippen molar-refractivity contribution in [1.82, 2.24) is 10.3 Å². The summed E-state index contributed by atoms with van der Waals surface area (Å²) in [6.45, 7) is 3.22. The highest BCUT2D eigenvalue weighted by molar-refractivity contribution is 7.11. The van der Waals surface area contributed by atoms with Gasteiger partial charge in [-0.05, 0) is 31.7 Å². The number of thiazole rings is 1. The fourth-order valence-corrected chi connectivity index (χ4v) is 3.69. The summed E-state index contributed by atoms with van der Waals surface area (Å²) in [6, 6.07) is 6.43. The Morgan fingerprint density at radius 3 is 3.05 bits per heavy atom. The molecule has 110 valence electrons. The zero-order chi connectivity index (χ0) is 14.2. The van der Waals surface area contributed by atoms with Gasteiger partial charge in [0.1, 0.15) is 5.01 Å². The first-order valence-electron chi connectivity index (χ1n) is 7.34. The van der Waals surface area contributed by atoms with Crippen molar-refractivity contribution in [2.75, 3.05) is 6.79 Å². The van der Waals surface area contributed by atoms with Gasteiger partial charge < -0.3 is 14.8 Å². The topological polar surface area (TPSA) is 43.4 Å². The Kier molecular flexibility index (Phi) is 3.31. The number of ether oxygens (including phenoxy) is 2. The molecule has 5 heteroatoms. The van der Waals surface area contributed by atoms with Crippen LogP contribution >= 0.6 is 11.3 Å². The van der Waals surface area contributed by atoms with Crippen LogP contribution in [0.3, 0.4) is 0 Å². The molecule has 1 saturated carbocycles. The molecule has 0 bridgehead atoms. The summed E-state index contributed by atoms with van der Waals surface area (Å²) in [7, 11) is 0. The summed E-state index contributed by atoms with van der Waals surface area (Å²) < 4.78 is 11.0. The minimum absolute atomic E-state index is 0.323. The van der Waals surface area contributed by atoms with Crippen molar-refractivity contribution in [1.29, 1.82) is 0 Å². The van der Waals surface area contributed by atoms with Crippen LogP contribution in [-0.2, 0) is 6.54 Å². The van der Waals surface area contributed by atoms with Crippen molar-refractivity contribution in [3.63, 3.8) is 0 Å². The van der Waals surface area contributed by atoms with Crippen molar-refractivity contribution in [2.45, 2.75) is 32.4 Å². The van der Waals surface area contributed by atoms with Gasteiger partial charge in [0.2, 0.25) is 6.79 Å². The Morgan fingerprint density at radius 1 is 1.38 bits per heavy atom. The minimum Gasteiger partial charge on any atom is -0.454 e. The predicted molar refractivity (Wildman–Crippen MR) is 81.7 cm³/mol. The van der Waals surface area contributed by atoms with E-state index >= 15 is 0 Å². The van der Waals surface area contributed by atoms with Gasteiger partial charge in [-0.1, -0.05) is 12.1 Å². The fourth-order valence-electron chi connectivity index (χ4n) is 2.75. The van der Waals surface area contributed by atoms with Crippen LogP contribution in [0.4, 0.5) is 0 Å². The standard InChI is InChI=1S/C16H18N2O2S/c1-10-7-18-16(21-10)14(11-5-6-11)17-8-12-3-2-4-13-15(12)20-9-19-13/h2-4,7,11,14,17H,5-6,8-9H2,1H3/t14-/m0/s1. The van der Waals surface area contributed by atoms with Crippen LogP contribution in [0, 0.1) is 12.8 Å². The molecule has 4 rings (SSSR count). The van der Waals surface area contributed by atoms with Gasteiger partial charge >= 0.3 is 0 Å². The van der Waals surface area contributed by atoms with Crippen LogP contribution in [0.25, 0.3) is 0 Å². The maximum Gasteiger partial charge on any atom is 0.231 e. The monoisotopic (exact) mass is 302 g/mol. The molecule has 4 nitrogen and oxygen atoms in total. The number of aryl methyl sites for hydroxylation is 1. The molecule has 2 aliphatic rings. The largest absolute Gasteiger partial charge is 0.454 e. The summed E-state index contributed by atoms with van der Waals surface area (Å²) in [5.74, 6) is 2.46. The van der Waals surface area contributed by atoms with Crippen LogP contribution in [0.1, 0.15) is 34.3 Å². The molecule has 0 saturated heterocycles.